The molecule has 3 rings (SSSR count). The number of carbonyl (C=O) groups excluding carboxylic acids is 1. The van der Waals surface area contributed by atoms with Crippen LogP contribution in [-0.2, 0) is 14.8 Å². The first-order valence-corrected chi connectivity index (χ1v) is 10.1. The predicted molar refractivity (Wildman–Crippen MR) is 95.5 cm³/mol. The number of anilines is 2. The van der Waals surface area contributed by atoms with Gasteiger partial charge in [0.05, 0.1) is 11.4 Å². The third-order valence-corrected chi connectivity index (χ3v) is 6.88. The minimum absolute atomic E-state index is 0.0589. The standard InChI is InChI=1S/C17H25N3O3S/c1-12-6-7-14(11-16(12)20-8-3-9-24(20,22)23)19-17(21)10-13-4-2-5-15(13)18/h6-7,11,13,15H,2-5,8-10,18H2,1H3,(H,19,21)/t13-,15+/m0/s1. The van der Waals surface area contributed by atoms with Crippen molar-refractivity contribution in [1.82, 2.24) is 0 Å². The van der Waals surface area contributed by atoms with Gasteiger partial charge in [-0.2, -0.15) is 0 Å². The molecule has 1 aromatic rings. The first kappa shape index (κ1) is 17.2. The molecule has 7 heteroatoms. The molecule has 3 N–H and O–H groups in total. The summed E-state index contributed by atoms with van der Waals surface area (Å²) in [6.45, 7) is 2.38. The van der Waals surface area contributed by atoms with Crippen LogP contribution < -0.4 is 15.4 Å². The van der Waals surface area contributed by atoms with Crippen LogP contribution in [0.2, 0.25) is 0 Å². The number of hydrogen-bond acceptors (Lipinski definition) is 4. The first-order chi connectivity index (χ1) is 11.4. The summed E-state index contributed by atoms with van der Waals surface area (Å²) in [6, 6.07) is 5.53. The average molecular weight is 351 g/mol. The normalized spacial score (nSPS) is 25.8. The van der Waals surface area contributed by atoms with E-state index in [0.717, 1.165) is 24.8 Å². The highest BCUT2D eigenvalue weighted by molar-refractivity contribution is 7.93. The maximum absolute atomic E-state index is 12.3. The number of nitrogens with one attached hydrogen (secondary N) is 1. The van der Waals surface area contributed by atoms with Crippen LogP contribution in [0, 0.1) is 12.8 Å². The molecule has 0 aromatic heterocycles. The Hall–Kier alpha value is -1.60. The molecule has 2 atom stereocenters. The Bertz CT molecular complexity index is 733. The molecule has 1 heterocycles. The zero-order valence-electron chi connectivity index (χ0n) is 14.0. The van der Waals surface area contributed by atoms with E-state index in [0.29, 0.717) is 30.8 Å². The van der Waals surface area contributed by atoms with Crippen LogP contribution in [0.4, 0.5) is 11.4 Å². The van der Waals surface area contributed by atoms with Gasteiger partial charge in [-0.3, -0.25) is 9.10 Å². The summed E-state index contributed by atoms with van der Waals surface area (Å²) in [6.07, 6.45) is 4.13. The first-order valence-electron chi connectivity index (χ1n) is 8.53. The SMILES string of the molecule is Cc1ccc(NC(=O)C[C@@H]2CCC[C@H]2N)cc1N1CCCS1(=O)=O. The van der Waals surface area contributed by atoms with Gasteiger partial charge >= 0.3 is 0 Å². The lowest BCUT2D eigenvalue weighted by Gasteiger charge is -2.20. The zero-order chi connectivity index (χ0) is 17.3. The van der Waals surface area contributed by atoms with Crippen molar-refractivity contribution in [2.45, 2.75) is 45.1 Å². The Morgan fingerprint density at radius 2 is 2.12 bits per heavy atom. The minimum atomic E-state index is -3.23. The van der Waals surface area contributed by atoms with Crippen molar-refractivity contribution >= 4 is 27.3 Å². The summed E-state index contributed by atoms with van der Waals surface area (Å²) in [5.41, 5.74) is 8.20. The van der Waals surface area contributed by atoms with Gasteiger partial charge in [-0.1, -0.05) is 12.5 Å². The molecule has 1 saturated heterocycles. The monoisotopic (exact) mass is 351 g/mol. The highest BCUT2D eigenvalue weighted by Crippen LogP contribution is 2.31. The Morgan fingerprint density at radius 3 is 2.75 bits per heavy atom. The van der Waals surface area contributed by atoms with Crippen LogP contribution in [0.15, 0.2) is 18.2 Å². The lowest BCUT2D eigenvalue weighted by molar-refractivity contribution is -0.117. The van der Waals surface area contributed by atoms with Gasteiger partial charge in [0.2, 0.25) is 15.9 Å². The van der Waals surface area contributed by atoms with Gasteiger partial charge in [-0.05, 0) is 49.8 Å². The molecule has 0 unspecified atom stereocenters. The van der Waals surface area contributed by atoms with Gasteiger partial charge in [0.25, 0.3) is 0 Å². The smallest absolute Gasteiger partial charge is 0.235 e. The van der Waals surface area contributed by atoms with Crippen molar-refractivity contribution in [3.8, 4) is 0 Å². The summed E-state index contributed by atoms with van der Waals surface area (Å²) in [4.78, 5) is 12.3. The number of nitrogens with two attached hydrogens (primary N) is 1. The molecule has 1 aromatic carbocycles. The topological polar surface area (TPSA) is 92.5 Å². The van der Waals surface area contributed by atoms with Crippen molar-refractivity contribution in [1.29, 1.82) is 0 Å². The Kier molecular flexibility index (Phi) is 4.83. The quantitative estimate of drug-likeness (QED) is 0.868. The van der Waals surface area contributed by atoms with E-state index in [2.05, 4.69) is 5.32 Å². The largest absolute Gasteiger partial charge is 0.327 e. The molecule has 24 heavy (non-hydrogen) atoms. The molecule has 0 spiro atoms. The Labute approximate surface area is 143 Å². The molecule has 0 bridgehead atoms. The second-order valence-electron chi connectivity index (χ2n) is 6.85. The summed E-state index contributed by atoms with van der Waals surface area (Å²) < 4.78 is 25.7. The van der Waals surface area contributed by atoms with E-state index >= 15 is 0 Å². The predicted octanol–water partition coefficient (Wildman–Crippen LogP) is 1.99. The highest BCUT2D eigenvalue weighted by Gasteiger charge is 2.30. The van der Waals surface area contributed by atoms with E-state index in [9.17, 15) is 13.2 Å². The fourth-order valence-corrected chi connectivity index (χ4v) is 5.25. The zero-order valence-corrected chi connectivity index (χ0v) is 14.8. The minimum Gasteiger partial charge on any atom is -0.327 e. The molecule has 6 nitrogen and oxygen atoms in total. The number of benzene rings is 1. The number of sulfonamides is 1. The number of hydrogen-bond donors (Lipinski definition) is 2. The number of nitrogens with zero attached hydrogens (tertiary/aromatic N) is 1. The van der Waals surface area contributed by atoms with Crippen molar-refractivity contribution < 1.29 is 13.2 Å². The number of rotatable bonds is 4. The summed E-state index contributed by atoms with van der Waals surface area (Å²) >= 11 is 0. The van der Waals surface area contributed by atoms with Gasteiger partial charge in [0.15, 0.2) is 0 Å². The third-order valence-electron chi connectivity index (χ3n) is 5.03. The van der Waals surface area contributed by atoms with Gasteiger partial charge < -0.3 is 11.1 Å². The third kappa shape index (κ3) is 3.57. The van der Waals surface area contributed by atoms with E-state index in [1.165, 1.54) is 4.31 Å². The molecule has 1 aliphatic heterocycles. The maximum atomic E-state index is 12.3. The van der Waals surface area contributed by atoms with E-state index in [4.69, 9.17) is 5.73 Å². The summed E-state index contributed by atoms with van der Waals surface area (Å²) in [7, 11) is -3.23. The maximum Gasteiger partial charge on any atom is 0.235 e. The average Bonchev–Trinajstić information content (AvgIpc) is 3.06. The second kappa shape index (κ2) is 6.72. The van der Waals surface area contributed by atoms with Crippen molar-refractivity contribution in [2.75, 3.05) is 21.9 Å². The molecular formula is C17H25N3O3S. The van der Waals surface area contributed by atoms with Crippen molar-refractivity contribution in [2.24, 2.45) is 11.7 Å². The lowest BCUT2D eigenvalue weighted by atomic mass is 10.00. The number of amides is 1. The van der Waals surface area contributed by atoms with Crippen LogP contribution in [0.5, 0.6) is 0 Å². The van der Waals surface area contributed by atoms with E-state index in [1.54, 1.807) is 6.07 Å². The number of carbonyl (C=O) groups is 1. The fraction of sp³-hybridized carbons (Fsp3) is 0.588. The molecule has 0 radical (unpaired) electrons. The Morgan fingerprint density at radius 1 is 1.33 bits per heavy atom. The van der Waals surface area contributed by atoms with Crippen LogP contribution >= 0.6 is 0 Å². The summed E-state index contributed by atoms with van der Waals surface area (Å²) in [5, 5.41) is 2.89. The van der Waals surface area contributed by atoms with E-state index < -0.39 is 10.0 Å². The lowest BCUT2D eigenvalue weighted by Crippen LogP contribution is -2.28. The fourth-order valence-electron chi connectivity index (χ4n) is 3.64. The van der Waals surface area contributed by atoms with Gasteiger partial charge in [-0.25, -0.2) is 8.42 Å². The second-order valence-corrected chi connectivity index (χ2v) is 8.86. The van der Waals surface area contributed by atoms with Gasteiger partial charge in [-0.15, -0.1) is 0 Å². The molecule has 1 saturated carbocycles. The molecule has 2 aliphatic rings. The molecule has 1 aliphatic carbocycles. The van der Waals surface area contributed by atoms with Crippen LogP contribution in [0.3, 0.4) is 0 Å². The molecule has 1 amide bonds. The van der Waals surface area contributed by atoms with E-state index in [1.807, 2.05) is 19.1 Å². The van der Waals surface area contributed by atoms with Crippen LogP contribution in [0.25, 0.3) is 0 Å². The van der Waals surface area contributed by atoms with Gasteiger partial charge in [0.1, 0.15) is 0 Å². The van der Waals surface area contributed by atoms with Crippen LogP contribution in [0.1, 0.15) is 37.7 Å². The molecular weight excluding hydrogens is 326 g/mol. The van der Waals surface area contributed by atoms with E-state index in [-0.39, 0.29) is 23.6 Å². The van der Waals surface area contributed by atoms with Crippen LogP contribution in [-0.4, -0.2) is 32.7 Å². The molecule has 132 valence electrons. The Balaban J connectivity index is 1.73. The summed E-state index contributed by atoms with van der Waals surface area (Å²) in [5.74, 6) is 0.369. The van der Waals surface area contributed by atoms with Gasteiger partial charge in [0, 0.05) is 24.7 Å². The molecule has 2 fully saturated rings. The van der Waals surface area contributed by atoms with Crippen molar-refractivity contribution in [3.63, 3.8) is 0 Å². The van der Waals surface area contributed by atoms with Crippen molar-refractivity contribution in [3.05, 3.63) is 23.8 Å². The number of aryl methyl sites for hydroxylation is 1. The highest BCUT2D eigenvalue weighted by atomic mass is 32.2.